The topological polar surface area (TPSA) is 61.1 Å². The Kier molecular flexibility index (Phi) is 7.19. The quantitative estimate of drug-likeness (QED) is 0.453. The van der Waals surface area contributed by atoms with Gasteiger partial charge < -0.3 is 9.51 Å². The summed E-state index contributed by atoms with van der Waals surface area (Å²) >= 11 is 0. The van der Waals surface area contributed by atoms with E-state index in [1.807, 2.05) is 35.7 Å². The lowest BCUT2D eigenvalue weighted by molar-refractivity contribution is -0.0688. The van der Waals surface area contributed by atoms with Gasteiger partial charge in [-0.15, -0.1) is 0 Å². The van der Waals surface area contributed by atoms with E-state index < -0.39 is 18.7 Å². The molecule has 1 fully saturated rings. The fourth-order valence-corrected chi connectivity index (χ4v) is 4.98. The van der Waals surface area contributed by atoms with E-state index in [2.05, 4.69) is 23.7 Å². The van der Waals surface area contributed by atoms with Crippen molar-refractivity contribution in [3.63, 3.8) is 0 Å². The second-order valence-electron chi connectivity index (χ2n) is 9.44. The van der Waals surface area contributed by atoms with E-state index in [0.29, 0.717) is 18.7 Å². The number of nitrogens with zero attached hydrogens (tertiary/aromatic N) is 4. The largest absolute Gasteiger partial charge is 0.478 e. The van der Waals surface area contributed by atoms with Crippen molar-refractivity contribution >= 4 is 11.5 Å². The van der Waals surface area contributed by atoms with Crippen molar-refractivity contribution in [2.45, 2.75) is 52.4 Å². The number of carboxylic acids is 1. The number of hydrogen-bond donors (Lipinski definition) is 1. The van der Waals surface area contributed by atoms with Crippen LogP contribution in [0.5, 0.6) is 0 Å². The molecule has 4 heterocycles. The molecule has 2 unspecified atom stereocenters. The minimum atomic E-state index is -3.03. The second kappa shape index (κ2) is 9.99. The lowest BCUT2D eigenvalue weighted by Gasteiger charge is -2.39. The first-order valence-corrected chi connectivity index (χ1v) is 11.8. The molecule has 4 rings (SSSR count). The molecule has 0 radical (unpaired) electrons. The van der Waals surface area contributed by atoms with E-state index in [0.717, 1.165) is 32.9 Å². The SMILES string of the molecule is Cc1c(C(=O)O)cc2c(-c3ccnc(C(C)C)c3)ccn2c1C(C)N1CCN(C(F)C(F)F)CC1. The van der Waals surface area contributed by atoms with Crippen molar-refractivity contribution in [3.05, 3.63) is 59.2 Å². The monoisotopic (exact) mass is 488 g/mol. The molecule has 2 atom stereocenters. The summed E-state index contributed by atoms with van der Waals surface area (Å²) in [5.41, 5.74) is 5.29. The average Bonchev–Trinajstić information content (AvgIpc) is 3.26. The molecule has 0 aliphatic carbocycles. The molecule has 1 N–H and O–H groups in total. The Balaban J connectivity index is 1.75. The van der Waals surface area contributed by atoms with Crippen LogP contribution in [0.15, 0.2) is 36.7 Å². The van der Waals surface area contributed by atoms with Crippen LogP contribution in [0.4, 0.5) is 13.2 Å². The number of carboxylic acid groups (broad SMARTS) is 1. The molecular weight excluding hydrogens is 457 g/mol. The zero-order valence-corrected chi connectivity index (χ0v) is 20.4. The third-order valence-electron chi connectivity index (χ3n) is 7.02. The zero-order valence-electron chi connectivity index (χ0n) is 20.4. The average molecular weight is 489 g/mol. The highest BCUT2D eigenvalue weighted by Crippen LogP contribution is 2.34. The summed E-state index contributed by atoms with van der Waals surface area (Å²) in [7, 11) is 0. The van der Waals surface area contributed by atoms with Gasteiger partial charge in [0.1, 0.15) is 0 Å². The van der Waals surface area contributed by atoms with Crippen LogP contribution in [0.1, 0.15) is 60.0 Å². The minimum absolute atomic E-state index is 0.183. The van der Waals surface area contributed by atoms with Crippen LogP contribution in [0.3, 0.4) is 0 Å². The van der Waals surface area contributed by atoms with E-state index in [1.165, 1.54) is 0 Å². The summed E-state index contributed by atoms with van der Waals surface area (Å²) in [6, 6.07) is 7.42. The van der Waals surface area contributed by atoms with E-state index in [1.54, 1.807) is 19.2 Å². The highest BCUT2D eigenvalue weighted by molar-refractivity contribution is 5.94. The molecule has 1 aliphatic rings. The summed E-state index contributed by atoms with van der Waals surface area (Å²) in [6.07, 6.45) is -1.59. The van der Waals surface area contributed by atoms with E-state index in [4.69, 9.17) is 0 Å². The Labute approximate surface area is 203 Å². The van der Waals surface area contributed by atoms with Gasteiger partial charge in [0.2, 0.25) is 6.30 Å². The maximum atomic E-state index is 13.8. The first kappa shape index (κ1) is 25.2. The molecule has 0 saturated carbocycles. The Morgan fingerprint density at radius 3 is 2.29 bits per heavy atom. The van der Waals surface area contributed by atoms with Crippen molar-refractivity contribution in [1.29, 1.82) is 0 Å². The molecule has 188 valence electrons. The Morgan fingerprint density at radius 1 is 1.03 bits per heavy atom. The number of pyridine rings is 2. The first-order valence-electron chi connectivity index (χ1n) is 11.8. The van der Waals surface area contributed by atoms with Crippen LogP contribution < -0.4 is 0 Å². The Morgan fingerprint density at radius 2 is 1.69 bits per heavy atom. The highest BCUT2D eigenvalue weighted by atomic mass is 19.3. The Bertz CT molecular complexity index is 1220. The van der Waals surface area contributed by atoms with Crippen molar-refractivity contribution in [3.8, 4) is 11.1 Å². The number of aromatic carboxylic acids is 1. The number of carbonyl (C=O) groups is 1. The van der Waals surface area contributed by atoms with Gasteiger partial charge in [0.05, 0.1) is 11.1 Å². The maximum Gasteiger partial charge on any atom is 0.336 e. The number of rotatable bonds is 7. The lowest BCUT2D eigenvalue weighted by Crippen LogP contribution is -2.51. The van der Waals surface area contributed by atoms with Crippen molar-refractivity contribution in [2.75, 3.05) is 26.2 Å². The zero-order chi connectivity index (χ0) is 25.4. The molecule has 1 aliphatic heterocycles. The predicted octanol–water partition coefficient (Wildman–Crippen LogP) is 5.37. The number of piperazine rings is 1. The first-order chi connectivity index (χ1) is 16.6. The molecule has 6 nitrogen and oxygen atoms in total. The summed E-state index contributed by atoms with van der Waals surface area (Å²) in [5, 5.41) is 9.95. The van der Waals surface area contributed by atoms with Gasteiger partial charge in [-0.3, -0.25) is 14.8 Å². The van der Waals surface area contributed by atoms with E-state index >= 15 is 0 Å². The molecule has 0 amide bonds. The van der Waals surface area contributed by atoms with Gasteiger partial charge in [-0.05, 0) is 55.2 Å². The molecule has 3 aromatic heterocycles. The Hall–Kier alpha value is -2.91. The van der Waals surface area contributed by atoms with Gasteiger partial charge >= 0.3 is 5.97 Å². The third-order valence-corrected chi connectivity index (χ3v) is 7.02. The normalized spacial score (nSPS) is 17.4. The molecule has 0 spiro atoms. The van der Waals surface area contributed by atoms with Crippen molar-refractivity contribution in [2.24, 2.45) is 0 Å². The molecule has 1 saturated heterocycles. The van der Waals surface area contributed by atoms with Gasteiger partial charge in [-0.1, -0.05) is 13.8 Å². The van der Waals surface area contributed by atoms with Crippen molar-refractivity contribution < 1.29 is 23.1 Å². The minimum Gasteiger partial charge on any atom is -0.478 e. The summed E-state index contributed by atoms with van der Waals surface area (Å²) in [4.78, 5) is 19.8. The van der Waals surface area contributed by atoms with Crippen LogP contribution in [-0.4, -0.2) is 69.2 Å². The van der Waals surface area contributed by atoms with Crippen LogP contribution >= 0.6 is 0 Å². The van der Waals surface area contributed by atoms with E-state index in [9.17, 15) is 23.1 Å². The summed E-state index contributed by atoms with van der Waals surface area (Å²) in [6.45, 7) is 9.09. The molecule has 0 bridgehead atoms. The predicted molar refractivity (Wildman–Crippen MR) is 129 cm³/mol. The molecule has 0 aromatic carbocycles. The number of fused-ring (bicyclic) bond motifs is 1. The molecule has 9 heteroatoms. The van der Waals surface area contributed by atoms with Gasteiger partial charge in [0.15, 0.2) is 0 Å². The van der Waals surface area contributed by atoms with E-state index in [-0.39, 0.29) is 30.6 Å². The molecule has 3 aromatic rings. The van der Waals surface area contributed by atoms with Crippen LogP contribution in [0.25, 0.3) is 16.6 Å². The summed E-state index contributed by atoms with van der Waals surface area (Å²) in [5.74, 6) is -0.755. The maximum absolute atomic E-state index is 13.8. The molecule has 35 heavy (non-hydrogen) atoms. The van der Waals surface area contributed by atoms with Crippen molar-refractivity contribution in [1.82, 2.24) is 19.2 Å². The number of halogens is 3. The fourth-order valence-electron chi connectivity index (χ4n) is 4.98. The van der Waals surface area contributed by atoms with Gasteiger partial charge in [0, 0.05) is 61.6 Å². The highest BCUT2D eigenvalue weighted by Gasteiger charge is 2.32. The standard InChI is InChI=1S/C26H31F3N4O2/c1-15(2)21-13-18(5-7-30-21)19-6-8-33-22(19)14-20(26(34)35)16(3)23(33)17(4)31-9-11-32(12-10-31)25(29)24(27)28/h5-8,13-15,17,24-25H,9-12H2,1-4H3,(H,34,35). The van der Waals surface area contributed by atoms with Gasteiger partial charge in [0.25, 0.3) is 6.43 Å². The lowest BCUT2D eigenvalue weighted by atomic mass is 9.99. The van der Waals surface area contributed by atoms with Crippen LogP contribution in [0.2, 0.25) is 0 Å². The molecular formula is C26H31F3N4O2. The second-order valence-corrected chi connectivity index (χ2v) is 9.44. The van der Waals surface area contributed by atoms with Crippen LogP contribution in [-0.2, 0) is 0 Å². The summed E-state index contributed by atoms with van der Waals surface area (Å²) < 4.78 is 41.4. The fraction of sp³-hybridized carbons (Fsp3) is 0.462. The number of hydrogen-bond acceptors (Lipinski definition) is 4. The van der Waals surface area contributed by atoms with Gasteiger partial charge in [-0.25, -0.2) is 18.0 Å². The van der Waals surface area contributed by atoms with Gasteiger partial charge in [-0.2, -0.15) is 0 Å². The number of aromatic nitrogens is 2. The van der Waals surface area contributed by atoms with Crippen LogP contribution in [0, 0.1) is 6.92 Å². The number of alkyl halides is 3. The smallest absolute Gasteiger partial charge is 0.336 e. The third kappa shape index (κ3) is 4.79.